The van der Waals surface area contributed by atoms with Crippen LogP contribution in [-0.2, 0) is 16.0 Å². The summed E-state index contributed by atoms with van der Waals surface area (Å²) in [6, 6.07) is 10.0. The zero-order chi connectivity index (χ0) is 13.2. The zero-order valence-electron chi connectivity index (χ0n) is 10.8. The molecule has 100 valence electrons. The first-order valence-corrected chi connectivity index (χ1v) is 6.35. The fraction of sp³-hybridized carbons (Fsp3) is 0.538. The van der Waals surface area contributed by atoms with E-state index in [4.69, 9.17) is 19.4 Å². The first-order chi connectivity index (χ1) is 8.72. The second kappa shape index (κ2) is 9.11. The van der Waals surface area contributed by atoms with Crippen molar-refractivity contribution in [2.24, 2.45) is 0 Å². The van der Waals surface area contributed by atoms with Crippen molar-refractivity contribution in [1.82, 2.24) is 0 Å². The van der Waals surface area contributed by atoms with Gasteiger partial charge in [0.05, 0.1) is 6.61 Å². The number of rotatable bonds is 9. The standard InChI is InChI=1S/C13H21BO4/c1-2-13(18-14(15)16)9-6-10-17-11-12-7-4-3-5-8-12/h3-5,7-8,13,15-16H,2,6,9-11H2,1H3/t13-/m0/s1. The zero-order valence-corrected chi connectivity index (χ0v) is 10.8. The van der Waals surface area contributed by atoms with E-state index in [0.717, 1.165) is 24.8 Å². The van der Waals surface area contributed by atoms with Gasteiger partial charge in [-0.2, -0.15) is 0 Å². The Morgan fingerprint density at radius 2 is 1.94 bits per heavy atom. The molecule has 0 amide bonds. The van der Waals surface area contributed by atoms with Crippen LogP contribution in [0.25, 0.3) is 0 Å². The van der Waals surface area contributed by atoms with Crippen LogP contribution in [0.15, 0.2) is 30.3 Å². The van der Waals surface area contributed by atoms with Gasteiger partial charge in [-0.05, 0) is 24.8 Å². The van der Waals surface area contributed by atoms with Gasteiger partial charge in [0.2, 0.25) is 0 Å². The van der Waals surface area contributed by atoms with E-state index < -0.39 is 7.32 Å². The SMILES string of the molecule is CC[C@@H](CCCOCc1ccccc1)OB(O)O. The highest BCUT2D eigenvalue weighted by molar-refractivity contribution is 6.32. The van der Waals surface area contributed by atoms with E-state index in [1.54, 1.807) is 0 Å². The van der Waals surface area contributed by atoms with Gasteiger partial charge in [0.1, 0.15) is 0 Å². The van der Waals surface area contributed by atoms with E-state index in [1.165, 1.54) is 0 Å². The van der Waals surface area contributed by atoms with Gasteiger partial charge in [-0.3, -0.25) is 0 Å². The summed E-state index contributed by atoms with van der Waals surface area (Å²) in [5, 5.41) is 17.4. The van der Waals surface area contributed by atoms with E-state index in [0.29, 0.717) is 13.2 Å². The van der Waals surface area contributed by atoms with Crippen molar-refractivity contribution in [2.45, 2.75) is 38.9 Å². The first kappa shape index (κ1) is 15.2. The molecule has 18 heavy (non-hydrogen) atoms. The number of hydrogen-bond acceptors (Lipinski definition) is 4. The molecule has 1 aromatic rings. The van der Waals surface area contributed by atoms with Crippen LogP contribution in [0.4, 0.5) is 0 Å². The third kappa shape index (κ3) is 6.76. The topological polar surface area (TPSA) is 58.9 Å². The van der Waals surface area contributed by atoms with Gasteiger partial charge in [0.15, 0.2) is 0 Å². The lowest BCUT2D eigenvalue weighted by Gasteiger charge is -2.15. The van der Waals surface area contributed by atoms with E-state index in [1.807, 2.05) is 37.3 Å². The number of benzene rings is 1. The molecule has 4 nitrogen and oxygen atoms in total. The van der Waals surface area contributed by atoms with Crippen LogP contribution in [0.2, 0.25) is 0 Å². The minimum absolute atomic E-state index is 0.120. The van der Waals surface area contributed by atoms with Gasteiger partial charge < -0.3 is 19.4 Å². The predicted octanol–water partition coefficient (Wildman–Crippen LogP) is 1.75. The Hall–Kier alpha value is -0.875. The highest BCUT2D eigenvalue weighted by Gasteiger charge is 2.15. The number of hydrogen-bond donors (Lipinski definition) is 2. The number of ether oxygens (including phenoxy) is 1. The van der Waals surface area contributed by atoms with Crippen LogP contribution in [0.5, 0.6) is 0 Å². The molecule has 2 N–H and O–H groups in total. The molecule has 0 aliphatic rings. The van der Waals surface area contributed by atoms with Crippen LogP contribution < -0.4 is 0 Å². The molecule has 0 heterocycles. The Morgan fingerprint density at radius 3 is 2.56 bits per heavy atom. The Bertz CT molecular complexity index is 305. The normalized spacial score (nSPS) is 12.4. The summed E-state index contributed by atoms with van der Waals surface area (Å²) in [6.07, 6.45) is 2.25. The highest BCUT2D eigenvalue weighted by Crippen LogP contribution is 2.08. The molecule has 0 saturated carbocycles. The quantitative estimate of drug-likeness (QED) is 0.519. The second-order valence-corrected chi connectivity index (χ2v) is 4.17. The molecule has 0 aliphatic heterocycles. The Kier molecular flexibility index (Phi) is 7.68. The fourth-order valence-corrected chi connectivity index (χ4v) is 1.72. The third-order valence-corrected chi connectivity index (χ3v) is 2.70. The summed E-state index contributed by atoms with van der Waals surface area (Å²) >= 11 is 0. The molecule has 5 heteroatoms. The van der Waals surface area contributed by atoms with Crippen LogP contribution in [0.3, 0.4) is 0 Å². The summed E-state index contributed by atoms with van der Waals surface area (Å²) in [5.41, 5.74) is 1.16. The highest BCUT2D eigenvalue weighted by atomic mass is 16.6. The monoisotopic (exact) mass is 252 g/mol. The molecular formula is C13H21BO4. The lowest BCUT2D eigenvalue weighted by molar-refractivity contribution is 0.0813. The van der Waals surface area contributed by atoms with E-state index in [2.05, 4.69) is 0 Å². The Labute approximate surface area is 109 Å². The molecule has 0 spiro atoms. The van der Waals surface area contributed by atoms with Crippen molar-refractivity contribution in [3.05, 3.63) is 35.9 Å². The Morgan fingerprint density at radius 1 is 1.22 bits per heavy atom. The lowest BCUT2D eigenvalue weighted by Crippen LogP contribution is -2.25. The van der Waals surface area contributed by atoms with Gasteiger partial charge in [-0.25, -0.2) is 0 Å². The molecular weight excluding hydrogens is 231 g/mol. The van der Waals surface area contributed by atoms with Gasteiger partial charge in [-0.15, -0.1) is 0 Å². The van der Waals surface area contributed by atoms with E-state index in [-0.39, 0.29) is 6.10 Å². The van der Waals surface area contributed by atoms with E-state index >= 15 is 0 Å². The molecule has 1 atom stereocenters. The average molecular weight is 252 g/mol. The lowest BCUT2D eigenvalue weighted by atomic mass is 10.1. The van der Waals surface area contributed by atoms with Crippen LogP contribution in [-0.4, -0.2) is 30.1 Å². The molecule has 0 fully saturated rings. The van der Waals surface area contributed by atoms with Crippen LogP contribution >= 0.6 is 0 Å². The summed E-state index contributed by atoms with van der Waals surface area (Å²) in [5.74, 6) is 0. The molecule has 0 aliphatic carbocycles. The van der Waals surface area contributed by atoms with Crippen molar-refractivity contribution >= 4 is 7.32 Å². The van der Waals surface area contributed by atoms with Crippen molar-refractivity contribution in [1.29, 1.82) is 0 Å². The van der Waals surface area contributed by atoms with Gasteiger partial charge in [0.25, 0.3) is 0 Å². The van der Waals surface area contributed by atoms with Gasteiger partial charge in [0, 0.05) is 12.7 Å². The fourth-order valence-electron chi connectivity index (χ4n) is 1.72. The van der Waals surface area contributed by atoms with Crippen molar-refractivity contribution in [3.63, 3.8) is 0 Å². The molecule has 1 aromatic carbocycles. The average Bonchev–Trinajstić information content (AvgIpc) is 2.37. The summed E-state index contributed by atoms with van der Waals surface area (Å²) < 4.78 is 10.5. The maximum Gasteiger partial charge on any atom is 0.634 e. The van der Waals surface area contributed by atoms with Crippen molar-refractivity contribution in [2.75, 3.05) is 6.61 Å². The molecule has 0 unspecified atom stereocenters. The maximum absolute atomic E-state index is 8.71. The molecule has 1 rings (SSSR count). The van der Waals surface area contributed by atoms with Crippen LogP contribution in [0.1, 0.15) is 31.7 Å². The maximum atomic E-state index is 8.71. The van der Waals surface area contributed by atoms with Crippen molar-refractivity contribution in [3.8, 4) is 0 Å². The third-order valence-electron chi connectivity index (χ3n) is 2.70. The predicted molar refractivity (Wildman–Crippen MR) is 70.7 cm³/mol. The molecule has 0 bridgehead atoms. The minimum Gasteiger partial charge on any atom is -0.402 e. The van der Waals surface area contributed by atoms with E-state index in [9.17, 15) is 0 Å². The second-order valence-electron chi connectivity index (χ2n) is 4.17. The van der Waals surface area contributed by atoms with Crippen LogP contribution in [0, 0.1) is 0 Å². The molecule has 0 aromatic heterocycles. The molecule has 0 radical (unpaired) electrons. The van der Waals surface area contributed by atoms with Gasteiger partial charge in [-0.1, -0.05) is 37.3 Å². The van der Waals surface area contributed by atoms with Gasteiger partial charge >= 0.3 is 7.32 Å². The Balaban J connectivity index is 2.07. The minimum atomic E-state index is -1.68. The van der Waals surface area contributed by atoms with Crippen molar-refractivity contribution < 1.29 is 19.4 Å². The summed E-state index contributed by atoms with van der Waals surface area (Å²) in [6.45, 7) is 3.22. The largest absolute Gasteiger partial charge is 0.634 e. The summed E-state index contributed by atoms with van der Waals surface area (Å²) in [4.78, 5) is 0. The summed E-state index contributed by atoms with van der Waals surface area (Å²) in [7, 11) is -1.68. The first-order valence-electron chi connectivity index (χ1n) is 6.35. The smallest absolute Gasteiger partial charge is 0.402 e. The molecule has 0 saturated heterocycles.